The van der Waals surface area contributed by atoms with Crippen molar-refractivity contribution in [1.82, 2.24) is 0 Å². The van der Waals surface area contributed by atoms with Crippen LogP contribution in [0.25, 0.3) is 0 Å². The van der Waals surface area contributed by atoms with Gasteiger partial charge in [-0.25, -0.2) is 13.2 Å². The molecule has 0 radical (unpaired) electrons. The summed E-state index contributed by atoms with van der Waals surface area (Å²) >= 11 is 0. The van der Waals surface area contributed by atoms with Crippen molar-refractivity contribution < 1.29 is 26.7 Å². The Morgan fingerprint density at radius 1 is 0.611 bits per heavy atom. The summed E-state index contributed by atoms with van der Waals surface area (Å²) in [6.45, 7) is 0. The summed E-state index contributed by atoms with van der Waals surface area (Å²) < 4.78 is 69.6. The molecule has 2 rings (SSSR count). The molecule has 0 aliphatic rings. The monoisotopic (exact) mass is 260 g/mol. The Morgan fingerprint density at radius 2 is 1.06 bits per heavy atom. The maximum absolute atomic E-state index is 13.2. The number of ether oxygens (including phenoxy) is 1. The van der Waals surface area contributed by atoms with Crippen LogP contribution in [0.5, 0.6) is 11.5 Å². The third-order valence-corrected chi connectivity index (χ3v) is 2.13. The van der Waals surface area contributed by atoms with Crippen molar-refractivity contribution in [2.45, 2.75) is 0 Å². The molecule has 0 spiro atoms. The lowest BCUT2D eigenvalue weighted by atomic mass is 10.2. The third kappa shape index (κ3) is 2.01. The molecule has 0 fully saturated rings. The van der Waals surface area contributed by atoms with E-state index in [2.05, 4.69) is 4.74 Å². The van der Waals surface area contributed by atoms with Gasteiger partial charge in [0.15, 0.2) is 0 Å². The van der Waals surface area contributed by atoms with Crippen LogP contribution in [-0.2, 0) is 0 Å². The van der Waals surface area contributed by atoms with E-state index in [1.807, 2.05) is 0 Å². The van der Waals surface area contributed by atoms with Gasteiger partial charge in [-0.05, 0) is 12.1 Å². The molecule has 94 valence electrons. The highest BCUT2D eigenvalue weighted by molar-refractivity contribution is 5.34. The summed E-state index contributed by atoms with van der Waals surface area (Å²) in [7, 11) is 0. The van der Waals surface area contributed by atoms with E-state index in [4.69, 9.17) is 0 Å². The van der Waals surface area contributed by atoms with Crippen LogP contribution in [0.15, 0.2) is 30.3 Å². The van der Waals surface area contributed by atoms with E-state index in [-0.39, 0.29) is 5.75 Å². The molecule has 0 atom stereocenters. The Morgan fingerprint density at radius 3 is 1.56 bits per heavy atom. The van der Waals surface area contributed by atoms with E-state index in [1.165, 1.54) is 24.3 Å². The van der Waals surface area contributed by atoms with Crippen molar-refractivity contribution >= 4 is 0 Å². The number of benzene rings is 2. The molecule has 0 aromatic heterocycles. The van der Waals surface area contributed by atoms with Gasteiger partial charge in [0.1, 0.15) is 5.75 Å². The van der Waals surface area contributed by atoms with Gasteiger partial charge >= 0.3 is 0 Å². The highest BCUT2D eigenvalue weighted by Gasteiger charge is 2.27. The Bertz CT molecular complexity index is 554. The van der Waals surface area contributed by atoms with Gasteiger partial charge < -0.3 is 4.74 Å². The molecule has 2 aromatic rings. The minimum absolute atomic E-state index is 0.0410. The zero-order valence-corrected chi connectivity index (χ0v) is 8.68. The summed E-state index contributed by atoms with van der Waals surface area (Å²) in [4.78, 5) is 0. The Kier molecular flexibility index (Phi) is 3.18. The lowest BCUT2D eigenvalue weighted by Crippen LogP contribution is -2.04. The highest BCUT2D eigenvalue weighted by atomic mass is 19.2. The second kappa shape index (κ2) is 4.64. The van der Waals surface area contributed by atoms with Crippen molar-refractivity contribution in [1.29, 1.82) is 0 Å². The second-order valence-electron chi connectivity index (χ2n) is 3.31. The second-order valence-corrected chi connectivity index (χ2v) is 3.31. The van der Waals surface area contributed by atoms with Crippen LogP contribution >= 0.6 is 0 Å². The van der Waals surface area contributed by atoms with E-state index in [0.29, 0.717) is 0 Å². The van der Waals surface area contributed by atoms with Crippen molar-refractivity contribution in [3.05, 3.63) is 59.4 Å². The molecule has 0 heterocycles. The fourth-order valence-corrected chi connectivity index (χ4v) is 1.28. The first-order chi connectivity index (χ1) is 8.52. The first-order valence-electron chi connectivity index (χ1n) is 4.76. The van der Waals surface area contributed by atoms with Crippen LogP contribution in [-0.4, -0.2) is 0 Å². The lowest BCUT2D eigenvalue weighted by molar-refractivity contribution is 0.332. The van der Waals surface area contributed by atoms with Crippen LogP contribution in [0.4, 0.5) is 22.0 Å². The molecule has 0 N–H and O–H groups in total. The molecule has 0 amide bonds. The summed E-state index contributed by atoms with van der Waals surface area (Å²) in [5.74, 6) is -11.7. The predicted molar refractivity (Wildman–Crippen MR) is 52.7 cm³/mol. The number of hydrogen-bond donors (Lipinski definition) is 0. The molecule has 1 nitrogen and oxygen atoms in total. The highest BCUT2D eigenvalue weighted by Crippen LogP contribution is 2.32. The topological polar surface area (TPSA) is 9.23 Å². The summed E-state index contributed by atoms with van der Waals surface area (Å²) in [5, 5.41) is 0. The maximum atomic E-state index is 13.2. The zero-order valence-electron chi connectivity index (χ0n) is 8.68. The van der Waals surface area contributed by atoms with Crippen LogP contribution in [0.3, 0.4) is 0 Å². The molecule has 0 bridgehead atoms. The van der Waals surface area contributed by atoms with Crippen molar-refractivity contribution in [3.63, 3.8) is 0 Å². The average molecular weight is 260 g/mol. The quantitative estimate of drug-likeness (QED) is 0.447. The van der Waals surface area contributed by atoms with Gasteiger partial charge in [-0.3, -0.25) is 0 Å². The molecular formula is C12H5F5O. The fourth-order valence-electron chi connectivity index (χ4n) is 1.28. The third-order valence-electron chi connectivity index (χ3n) is 2.13. The van der Waals surface area contributed by atoms with Gasteiger partial charge in [0.2, 0.25) is 34.8 Å². The van der Waals surface area contributed by atoms with Gasteiger partial charge in [0.05, 0.1) is 0 Å². The van der Waals surface area contributed by atoms with E-state index in [0.717, 1.165) is 0 Å². The van der Waals surface area contributed by atoms with Crippen LogP contribution < -0.4 is 4.74 Å². The summed E-state index contributed by atoms with van der Waals surface area (Å²) in [6, 6.07) is 7.21. The number of hydrogen-bond acceptors (Lipinski definition) is 1. The SMILES string of the molecule is Fc1c(F)c(F)c(Oc2ccccc2)c(F)c1F. The molecule has 0 aliphatic carbocycles. The van der Waals surface area contributed by atoms with E-state index in [9.17, 15) is 22.0 Å². The standard InChI is InChI=1S/C12H5F5O/c13-7-8(14)10(16)12(11(17)9(7)15)18-6-4-2-1-3-5-6/h1-5H. The Labute approximate surface area is 98.4 Å². The van der Waals surface area contributed by atoms with Gasteiger partial charge in [-0.15, -0.1) is 0 Å². The number of rotatable bonds is 2. The number of para-hydroxylation sites is 1. The van der Waals surface area contributed by atoms with E-state index < -0.39 is 34.8 Å². The molecule has 6 heteroatoms. The number of halogens is 5. The molecule has 18 heavy (non-hydrogen) atoms. The normalized spacial score (nSPS) is 10.5. The minimum Gasteiger partial charge on any atom is -0.451 e. The summed E-state index contributed by atoms with van der Waals surface area (Å²) in [5.41, 5.74) is 0. The maximum Gasteiger partial charge on any atom is 0.207 e. The first-order valence-corrected chi connectivity index (χ1v) is 4.76. The molecule has 0 saturated heterocycles. The van der Waals surface area contributed by atoms with Crippen LogP contribution in [0.1, 0.15) is 0 Å². The molecule has 0 aliphatic heterocycles. The van der Waals surface area contributed by atoms with Crippen LogP contribution in [0.2, 0.25) is 0 Å². The predicted octanol–water partition coefficient (Wildman–Crippen LogP) is 4.17. The van der Waals surface area contributed by atoms with Crippen molar-refractivity contribution in [2.75, 3.05) is 0 Å². The molecule has 0 unspecified atom stereocenters. The van der Waals surface area contributed by atoms with Crippen molar-refractivity contribution in [3.8, 4) is 11.5 Å². The van der Waals surface area contributed by atoms with Gasteiger partial charge in [-0.1, -0.05) is 18.2 Å². The summed E-state index contributed by atoms with van der Waals surface area (Å²) in [6.07, 6.45) is 0. The Balaban J connectivity index is 2.52. The fraction of sp³-hybridized carbons (Fsp3) is 0. The lowest BCUT2D eigenvalue weighted by Gasteiger charge is -2.09. The van der Waals surface area contributed by atoms with Gasteiger partial charge in [0, 0.05) is 0 Å². The van der Waals surface area contributed by atoms with Gasteiger partial charge in [0.25, 0.3) is 0 Å². The van der Waals surface area contributed by atoms with Gasteiger partial charge in [-0.2, -0.15) is 8.78 Å². The largest absolute Gasteiger partial charge is 0.451 e. The van der Waals surface area contributed by atoms with E-state index >= 15 is 0 Å². The average Bonchev–Trinajstić information content (AvgIpc) is 2.40. The van der Waals surface area contributed by atoms with Crippen LogP contribution in [0, 0.1) is 29.1 Å². The molecule has 0 saturated carbocycles. The zero-order chi connectivity index (χ0) is 13.3. The van der Waals surface area contributed by atoms with Crippen molar-refractivity contribution in [2.24, 2.45) is 0 Å². The first kappa shape index (κ1) is 12.3. The molecule has 2 aromatic carbocycles. The smallest absolute Gasteiger partial charge is 0.207 e. The Hall–Kier alpha value is -2.11. The molecular weight excluding hydrogens is 255 g/mol. The van der Waals surface area contributed by atoms with E-state index in [1.54, 1.807) is 6.07 Å². The minimum atomic E-state index is -2.22.